The van der Waals surface area contributed by atoms with Gasteiger partial charge < -0.3 is 9.88 Å². The van der Waals surface area contributed by atoms with Crippen LogP contribution in [0.3, 0.4) is 0 Å². The van der Waals surface area contributed by atoms with Gasteiger partial charge in [0.2, 0.25) is 5.91 Å². The number of nitrogens with one attached hydrogen (secondary N) is 1. The van der Waals surface area contributed by atoms with Crippen molar-refractivity contribution in [3.05, 3.63) is 102 Å². The molecule has 1 aromatic heterocycles. The van der Waals surface area contributed by atoms with Crippen molar-refractivity contribution < 1.29 is 17.6 Å². The molecule has 4 rings (SSSR count). The van der Waals surface area contributed by atoms with Gasteiger partial charge in [0.1, 0.15) is 17.3 Å². The lowest BCUT2D eigenvalue weighted by atomic mass is 10.1. The minimum atomic E-state index is -3.60. The quantitative estimate of drug-likeness (QED) is 0.393. The van der Waals surface area contributed by atoms with E-state index < -0.39 is 15.7 Å². The van der Waals surface area contributed by atoms with E-state index in [2.05, 4.69) is 10.3 Å². The molecule has 0 bridgehead atoms. The van der Waals surface area contributed by atoms with Crippen molar-refractivity contribution >= 4 is 21.6 Å². The van der Waals surface area contributed by atoms with Gasteiger partial charge in [-0.1, -0.05) is 48.0 Å². The van der Waals surface area contributed by atoms with Crippen LogP contribution in [0.4, 0.5) is 10.2 Å². The Morgan fingerprint density at radius 2 is 1.65 bits per heavy atom. The molecule has 0 aliphatic carbocycles. The van der Waals surface area contributed by atoms with Crippen LogP contribution >= 0.6 is 0 Å². The van der Waals surface area contributed by atoms with E-state index in [0.29, 0.717) is 23.6 Å². The predicted molar refractivity (Wildman–Crippen MR) is 130 cm³/mol. The van der Waals surface area contributed by atoms with E-state index >= 15 is 0 Å². The van der Waals surface area contributed by atoms with Crippen molar-refractivity contribution in [2.24, 2.45) is 0 Å². The summed E-state index contributed by atoms with van der Waals surface area (Å²) in [5, 5.41) is 2.83. The van der Waals surface area contributed by atoms with Gasteiger partial charge in [-0.3, -0.25) is 4.79 Å². The molecule has 34 heavy (non-hydrogen) atoms. The number of aryl methyl sites for hydroxylation is 1. The first-order valence-corrected chi connectivity index (χ1v) is 12.4. The number of hydrogen-bond donors (Lipinski definition) is 1. The second kappa shape index (κ2) is 10.0. The Morgan fingerprint density at radius 1 is 0.971 bits per heavy atom. The molecule has 174 valence electrons. The van der Waals surface area contributed by atoms with Crippen molar-refractivity contribution in [1.29, 1.82) is 0 Å². The van der Waals surface area contributed by atoms with Gasteiger partial charge in [-0.05, 0) is 48.9 Å². The normalized spacial score (nSPS) is 11.4. The number of hydrogen-bond acceptors (Lipinski definition) is 4. The van der Waals surface area contributed by atoms with Crippen molar-refractivity contribution in [2.45, 2.75) is 24.8 Å². The second-order valence-electron chi connectivity index (χ2n) is 7.99. The third-order valence-corrected chi connectivity index (χ3v) is 7.12. The van der Waals surface area contributed by atoms with E-state index in [0.717, 1.165) is 11.1 Å². The van der Waals surface area contributed by atoms with E-state index in [1.807, 2.05) is 37.3 Å². The molecule has 0 spiro atoms. The summed E-state index contributed by atoms with van der Waals surface area (Å²) in [7, 11) is -3.60. The van der Waals surface area contributed by atoms with Crippen molar-refractivity contribution in [3.63, 3.8) is 0 Å². The molecule has 0 aliphatic heterocycles. The first kappa shape index (κ1) is 23.4. The van der Waals surface area contributed by atoms with Crippen LogP contribution in [0.25, 0.3) is 11.3 Å². The van der Waals surface area contributed by atoms with Gasteiger partial charge in [-0.15, -0.1) is 0 Å². The molecular formula is C26H24FN3O3S. The molecule has 0 saturated carbocycles. The summed E-state index contributed by atoms with van der Waals surface area (Å²) in [6.45, 7) is 2.33. The number of anilines is 1. The standard InChI is InChI=1S/C26H24FN3O3S/c1-19-7-13-23(14-8-19)34(32,33)16-15-24(31)29-26-25(21-9-11-22(27)12-10-21)28-18-30(26)17-20-5-3-2-4-6-20/h2-14,18H,15-17H2,1H3,(H,29,31). The highest BCUT2D eigenvalue weighted by atomic mass is 32.2. The molecule has 0 fully saturated rings. The van der Waals surface area contributed by atoms with Crippen LogP contribution < -0.4 is 5.32 Å². The highest BCUT2D eigenvalue weighted by Crippen LogP contribution is 2.28. The smallest absolute Gasteiger partial charge is 0.226 e. The third-order valence-electron chi connectivity index (χ3n) is 5.39. The van der Waals surface area contributed by atoms with Crippen molar-refractivity contribution in [2.75, 3.05) is 11.1 Å². The average molecular weight is 478 g/mol. The molecule has 4 aromatic rings. The van der Waals surface area contributed by atoms with Gasteiger partial charge in [-0.2, -0.15) is 0 Å². The molecule has 0 atom stereocenters. The third kappa shape index (κ3) is 5.58. The van der Waals surface area contributed by atoms with Gasteiger partial charge in [0, 0.05) is 12.0 Å². The summed E-state index contributed by atoms with van der Waals surface area (Å²) in [4.78, 5) is 17.4. The Labute approximate surface area is 198 Å². The average Bonchev–Trinajstić information content (AvgIpc) is 3.21. The lowest BCUT2D eigenvalue weighted by molar-refractivity contribution is -0.115. The molecule has 0 radical (unpaired) electrons. The fourth-order valence-electron chi connectivity index (χ4n) is 3.52. The van der Waals surface area contributed by atoms with Crippen LogP contribution in [-0.4, -0.2) is 29.6 Å². The van der Waals surface area contributed by atoms with Gasteiger partial charge in [0.15, 0.2) is 9.84 Å². The maximum Gasteiger partial charge on any atom is 0.226 e. The minimum Gasteiger partial charge on any atom is -0.312 e. The molecular weight excluding hydrogens is 453 g/mol. The van der Waals surface area contributed by atoms with E-state index in [1.165, 1.54) is 12.1 Å². The Bertz CT molecular complexity index is 1380. The number of rotatable bonds is 8. The maximum atomic E-state index is 13.4. The topological polar surface area (TPSA) is 81.1 Å². The number of sulfone groups is 1. The molecule has 0 saturated heterocycles. The van der Waals surface area contributed by atoms with Crippen LogP contribution in [0.15, 0.2) is 90.1 Å². The first-order valence-electron chi connectivity index (χ1n) is 10.8. The van der Waals surface area contributed by atoms with E-state index in [-0.39, 0.29) is 22.9 Å². The zero-order valence-corrected chi connectivity index (χ0v) is 19.4. The zero-order chi connectivity index (χ0) is 24.1. The summed E-state index contributed by atoms with van der Waals surface area (Å²) in [5.74, 6) is -0.720. The fraction of sp³-hybridized carbons (Fsp3) is 0.154. The highest BCUT2D eigenvalue weighted by Gasteiger charge is 2.20. The van der Waals surface area contributed by atoms with Crippen LogP contribution in [0, 0.1) is 12.7 Å². The van der Waals surface area contributed by atoms with Crippen LogP contribution in [-0.2, 0) is 21.2 Å². The van der Waals surface area contributed by atoms with Gasteiger partial charge in [0.25, 0.3) is 0 Å². The lowest BCUT2D eigenvalue weighted by Crippen LogP contribution is -2.19. The van der Waals surface area contributed by atoms with Gasteiger partial charge in [0.05, 0.1) is 23.5 Å². The number of nitrogens with zero attached hydrogens (tertiary/aromatic N) is 2. The highest BCUT2D eigenvalue weighted by molar-refractivity contribution is 7.91. The SMILES string of the molecule is Cc1ccc(S(=O)(=O)CCC(=O)Nc2c(-c3ccc(F)cc3)ncn2Cc2ccccc2)cc1. The summed E-state index contributed by atoms with van der Waals surface area (Å²) >= 11 is 0. The molecule has 6 nitrogen and oxygen atoms in total. The summed E-state index contributed by atoms with van der Waals surface area (Å²) in [5.41, 5.74) is 3.07. The zero-order valence-electron chi connectivity index (χ0n) is 18.6. The molecule has 1 N–H and O–H groups in total. The Kier molecular flexibility index (Phi) is 6.88. The van der Waals surface area contributed by atoms with Gasteiger partial charge >= 0.3 is 0 Å². The number of benzene rings is 3. The first-order chi connectivity index (χ1) is 16.3. The molecule has 8 heteroatoms. The monoisotopic (exact) mass is 477 g/mol. The number of imidazole rings is 1. The van der Waals surface area contributed by atoms with E-state index in [1.54, 1.807) is 47.3 Å². The lowest BCUT2D eigenvalue weighted by Gasteiger charge is -2.12. The Hall–Kier alpha value is -3.78. The van der Waals surface area contributed by atoms with Crippen LogP contribution in [0.2, 0.25) is 0 Å². The van der Waals surface area contributed by atoms with Crippen LogP contribution in [0.1, 0.15) is 17.5 Å². The minimum absolute atomic E-state index is 0.187. The molecule has 0 unspecified atom stereocenters. The summed E-state index contributed by atoms with van der Waals surface area (Å²) in [6, 6.07) is 22.0. The number of aromatic nitrogens is 2. The van der Waals surface area contributed by atoms with E-state index in [4.69, 9.17) is 0 Å². The number of amides is 1. The number of halogens is 1. The Morgan fingerprint density at radius 3 is 2.32 bits per heavy atom. The largest absolute Gasteiger partial charge is 0.312 e. The second-order valence-corrected chi connectivity index (χ2v) is 10.1. The number of carbonyl (C=O) groups is 1. The van der Waals surface area contributed by atoms with Crippen LogP contribution in [0.5, 0.6) is 0 Å². The van der Waals surface area contributed by atoms with Gasteiger partial charge in [-0.25, -0.2) is 17.8 Å². The predicted octanol–water partition coefficient (Wildman–Crippen LogP) is 4.85. The van der Waals surface area contributed by atoms with Crippen molar-refractivity contribution in [1.82, 2.24) is 9.55 Å². The summed E-state index contributed by atoms with van der Waals surface area (Å²) in [6.07, 6.45) is 1.39. The van der Waals surface area contributed by atoms with E-state index in [9.17, 15) is 17.6 Å². The van der Waals surface area contributed by atoms with Crippen molar-refractivity contribution in [3.8, 4) is 11.3 Å². The summed E-state index contributed by atoms with van der Waals surface area (Å²) < 4.78 is 40.5. The Balaban J connectivity index is 1.56. The molecule has 1 heterocycles. The maximum absolute atomic E-state index is 13.4. The number of carbonyl (C=O) groups excluding carboxylic acids is 1. The molecule has 3 aromatic carbocycles. The molecule has 0 aliphatic rings. The molecule has 1 amide bonds. The fourth-order valence-corrected chi connectivity index (χ4v) is 4.76.